The second-order valence-electron chi connectivity index (χ2n) is 5.72. The zero-order valence-corrected chi connectivity index (χ0v) is 12.1. The van der Waals surface area contributed by atoms with Crippen molar-refractivity contribution in [2.75, 3.05) is 13.1 Å². The van der Waals surface area contributed by atoms with Crippen molar-refractivity contribution in [3.63, 3.8) is 0 Å². The van der Waals surface area contributed by atoms with Crippen LogP contribution >= 0.6 is 0 Å². The molecule has 1 aromatic carbocycles. The first-order valence-electron chi connectivity index (χ1n) is 6.82. The van der Waals surface area contributed by atoms with Crippen LogP contribution in [0, 0.1) is 33.8 Å². The first-order valence-corrected chi connectivity index (χ1v) is 6.82. The fraction of sp³-hybridized carbons (Fsp3) is 0.467. The standard InChI is InChI=1S/C15H17N3O3/c1-11-3-4-12(9-13(11)18(20)21)14(19)17-7-5-15(2,10-16)6-8-17/h3-4,9H,5-8H2,1-2H3. The summed E-state index contributed by atoms with van der Waals surface area (Å²) in [5.74, 6) is -0.210. The molecule has 0 aromatic heterocycles. The molecular weight excluding hydrogens is 270 g/mol. The van der Waals surface area contributed by atoms with Crippen molar-refractivity contribution in [3.8, 4) is 6.07 Å². The Hall–Kier alpha value is -2.42. The number of likely N-dealkylation sites (tertiary alicyclic amines) is 1. The quantitative estimate of drug-likeness (QED) is 0.618. The number of amides is 1. The van der Waals surface area contributed by atoms with Crippen molar-refractivity contribution in [2.24, 2.45) is 5.41 Å². The van der Waals surface area contributed by atoms with Gasteiger partial charge in [0.25, 0.3) is 11.6 Å². The third kappa shape index (κ3) is 3.02. The normalized spacial score (nSPS) is 17.1. The Morgan fingerprint density at radius 1 is 1.43 bits per heavy atom. The Labute approximate surface area is 123 Å². The predicted octanol–water partition coefficient (Wildman–Crippen LogP) is 2.67. The van der Waals surface area contributed by atoms with Gasteiger partial charge in [-0.3, -0.25) is 14.9 Å². The molecule has 21 heavy (non-hydrogen) atoms. The highest BCUT2D eigenvalue weighted by atomic mass is 16.6. The van der Waals surface area contributed by atoms with Crippen LogP contribution in [0.4, 0.5) is 5.69 Å². The number of hydrogen-bond acceptors (Lipinski definition) is 4. The molecule has 0 radical (unpaired) electrons. The third-order valence-corrected chi connectivity index (χ3v) is 4.08. The van der Waals surface area contributed by atoms with Crippen molar-refractivity contribution in [3.05, 3.63) is 39.4 Å². The van der Waals surface area contributed by atoms with Crippen LogP contribution in [0.3, 0.4) is 0 Å². The molecule has 1 aromatic rings. The van der Waals surface area contributed by atoms with Gasteiger partial charge in [-0.15, -0.1) is 0 Å². The molecule has 1 heterocycles. The maximum atomic E-state index is 12.4. The molecule has 0 saturated carbocycles. The number of nitro benzene ring substituents is 1. The zero-order chi connectivity index (χ0) is 15.6. The summed E-state index contributed by atoms with van der Waals surface area (Å²) in [6.07, 6.45) is 1.26. The molecule has 0 unspecified atom stereocenters. The second-order valence-corrected chi connectivity index (χ2v) is 5.72. The fourth-order valence-electron chi connectivity index (χ4n) is 2.44. The lowest BCUT2D eigenvalue weighted by Crippen LogP contribution is -2.41. The summed E-state index contributed by atoms with van der Waals surface area (Å²) in [6, 6.07) is 6.82. The fourth-order valence-corrected chi connectivity index (χ4v) is 2.44. The highest BCUT2D eigenvalue weighted by Crippen LogP contribution is 2.30. The van der Waals surface area contributed by atoms with Crippen molar-refractivity contribution in [1.29, 1.82) is 5.26 Å². The highest BCUT2D eigenvalue weighted by Gasteiger charge is 2.32. The SMILES string of the molecule is Cc1ccc(C(=O)N2CCC(C)(C#N)CC2)cc1[N+](=O)[O-]. The second kappa shape index (κ2) is 5.52. The molecule has 0 spiro atoms. The third-order valence-electron chi connectivity index (χ3n) is 4.08. The van der Waals surface area contributed by atoms with Crippen LogP contribution in [0.1, 0.15) is 35.7 Å². The Morgan fingerprint density at radius 2 is 2.05 bits per heavy atom. The summed E-state index contributed by atoms with van der Waals surface area (Å²) < 4.78 is 0. The molecule has 6 heteroatoms. The molecule has 0 N–H and O–H groups in total. The topological polar surface area (TPSA) is 87.2 Å². The van der Waals surface area contributed by atoms with E-state index in [1.54, 1.807) is 24.0 Å². The first-order chi connectivity index (χ1) is 9.86. The number of nitrogens with zero attached hydrogens (tertiary/aromatic N) is 3. The smallest absolute Gasteiger partial charge is 0.273 e. The number of benzene rings is 1. The van der Waals surface area contributed by atoms with Gasteiger partial charge in [0.2, 0.25) is 0 Å². The Kier molecular flexibility index (Phi) is 3.94. The number of carbonyl (C=O) groups is 1. The summed E-state index contributed by atoms with van der Waals surface area (Å²) in [5, 5.41) is 20.0. The van der Waals surface area contributed by atoms with E-state index in [4.69, 9.17) is 5.26 Å². The van der Waals surface area contributed by atoms with Crippen LogP contribution < -0.4 is 0 Å². The lowest BCUT2D eigenvalue weighted by molar-refractivity contribution is -0.385. The van der Waals surface area contributed by atoms with Gasteiger partial charge >= 0.3 is 0 Å². The van der Waals surface area contributed by atoms with E-state index in [1.807, 2.05) is 6.92 Å². The summed E-state index contributed by atoms with van der Waals surface area (Å²) in [4.78, 5) is 24.5. The number of rotatable bonds is 2. The summed E-state index contributed by atoms with van der Waals surface area (Å²) in [7, 11) is 0. The minimum Gasteiger partial charge on any atom is -0.339 e. The number of piperidine rings is 1. The Balaban J connectivity index is 2.17. The van der Waals surface area contributed by atoms with Gasteiger partial charge in [0, 0.05) is 30.3 Å². The van der Waals surface area contributed by atoms with Crippen LogP contribution in [-0.4, -0.2) is 28.8 Å². The molecule has 1 amide bonds. The minimum atomic E-state index is -0.477. The summed E-state index contributed by atoms with van der Waals surface area (Å²) in [5.41, 5.74) is 0.440. The number of carbonyl (C=O) groups excluding carboxylic acids is 1. The molecule has 6 nitrogen and oxygen atoms in total. The monoisotopic (exact) mass is 287 g/mol. The van der Waals surface area contributed by atoms with E-state index < -0.39 is 4.92 Å². The van der Waals surface area contributed by atoms with E-state index in [0.717, 1.165) is 0 Å². The van der Waals surface area contributed by atoms with Crippen LogP contribution in [0.5, 0.6) is 0 Å². The van der Waals surface area contributed by atoms with Gasteiger partial charge in [-0.1, -0.05) is 6.07 Å². The van der Waals surface area contributed by atoms with Crippen LogP contribution in [0.2, 0.25) is 0 Å². The number of nitriles is 1. The molecule has 1 saturated heterocycles. The van der Waals surface area contributed by atoms with Crippen LogP contribution in [0.25, 0.3) is 0 Å². The molecule has 0 bridgehead atoms. The van der Waals surface area contributed by atoms with E-state index in [-0.39, 0.29) is 17.0 Å². The first kappa shape index (κ1) is 15.0. The maximum absolute atomic E-state index is 12.4. The van der Waals surface area contributed by atoms with Gasteiger partial charge in [-0.25, -0.2) is 0 Å². The molecule has 110 valence electrons. The summed E-state index contributed by atoms with van der Waals surface area (Å²) in [6.45, 7) is 4.55. The van der Waals surface area contributed by atoms with E-state index in [1.165, 1.54) is 6.07 Å². The van der Waals surface area contributed by atoms with Gasteiger partial charge in [0.1, 0.15) is 0 Å². The lowest BCUT2D eigenvalue weighted by Gasteiger charge is -2.34. The van der Waals surface area contributed by atoms with Gasteiger partial charge < -0.3 is 4.90 Å². The van der Waals surface area contributed by atoms with E-state index in [2.05, 4.69) is 6.07 Å². The van der Waals surface area contributed by atoms with E-state index >= 15 is 0 Å². The zero-order valence-electron chi connectivity index (χ0n) is 12.1. The Morgan fingerprint density at radius 3 is 2.57 bits per heavy atom. The van der Waals surface area contributed by atoms with Crippen molar-refractivity contribution in [1.82, 2.24) is 4.90 Å². The molecule has 1 aliphatic heterocycles. The van der Waals surface area contributed by atoms with Crippen molar-refractivity contribution in [2.45, 2.75) is 26.7 Å². The van der Waals surface area contributed by atoms with Gasteiger partial charge in [0.05, 0.1) is 16.4 Å². The predicted molar refractivity (Wildman–Crippen MR) is 76.7 cm³/mol. The molecular formula is C15H17N3O3. The van der Waals surface area contributed by atoms with Crippen LogP contribution in [0.15, 0.2) is 18.2 Å². The van der Waals surface area contributed by atoms with E-state index in [0.29, 0.717) is 37.1 Å². The highest BCUT2D eigenvalue weighted by molar-refractivity contribution is 5.95. The Bertz CT molecular complexity index is 626. The molecule has 2 rings (SSSR count). The number of nitro groups is 1. The van der Waals surface area contributed by atoms with Crippen molar-refractivity contribution < 1.29 is 9.72 Å². The molecule has 0 aliphatic carbocycles. The largest absolute Gasteiger partial charge is 0.339 e. The van der Waals surface area contributed by atoms with Gasteiger partial charge in [0.15, 0.2) is 0 Å². The van der Waals surface area contributed by atoms with Gasteiger partial charge in [-0.2, -0.15) is 5.26 Å². The molecule has 1 aliphatic rings. The molecule has 0 atom stereocenters. The van der Waals surface area contributed by atoms with Gasteiger partial charge in [-0.05, 0) is 32.8 Å². The average molecular weight is 287 g/mol. The maximum Gasteiger partial charge on any atom is 0.273 e. The lowest BCUT2D eigenvalue weighted by atomic mass is 9.82. The average Bonchev–Trinajstić information content (AvgIpc) is 2.47. The summed E-state index contributed by atoms with van der Waals surface area (Å²) >= 11 is 0. The van der Waals surface area contributed by atoms with Crippen molar-refractivity contribution >= 4 is 11.6 Å². The number of aryl methyl sites for hydroxylation is 1. The minimum absolute atomic E-state index is 0.0419. The van der Waals surface area contributed by atoms with E-state index in [9.17, 15) is 14.9 Å². The number of hydrogen-bond donors (Lipinski definition) is 0. The molecule has 1 fully saturated rings. The van der Waals surface area contributed by atoms with Crippen LogP contribution in [-0.2, 0) is 0 Å².